The fraction of sp³-hybridized carbons (Fsp3) is 0.111. The van der Waals surface area contributed by atoms with Gasteiger partial charge in [-0.05, 0) is 99.7 Å². The van der Waals surface area contributed by atoms with Gasteiger partial charge in [-0.2, -0.15) is 0 Å². The van der Waals surface area contributed by atoms with Crippen LogP contribution in [0, 0.1) is 0 Å². The van der Waals surface area contributed by atoms with Crippen LogP contribution in [0.1, 0.15) is 31.2 Å². The van der Waals surface area contributed by atoms with Crippen LogP contribution in [0.15, 0.2) is 206 Å². The molecule has 56 heavy (non-hydrogen) atoms. The molecule has 0 amide bonds. The Balaban J connectivity index is 1.14. The van der Waals surface area contributed by atoms with Gasteiger partial charge in [0, 0.05) is 33.4 Å². The summed E-state index contributed by atoms with van der Waals surface area (Å²) in [7, 11) is 0. The lowest BCUT2D eigenvalue weighted by Crippen LogP contribution is -2.42. The van der Waals surface area contributed by atoms with Crippen LogP contribution in [-0.4, -0.2) is 12.1 Å². The summed E-state index contributed by atoms with van der Waals surface area (Å²) in [5.74, 6) is 0. The van der Waals surface area contributed by atoms with E-state index in [4.69, 9.17) is 0 Å². The molecule has 7 aromatic carbocycles. The van der Waals surface area contributed by atoms with Crippen molar-refractivity contribution >= 4 is 49.9 Å². The first-order valence-electron chi connectivity index (χ1n) is 20.0. The van der Waals surface area contributed by atoms with E-state index in [-0.39, 0.29) is 12.1 Å². The van der Waals surface area contributed by atoms with Gasteiger partial charge in [0.1, 0.15) is 0 Å². The molecule has 10 rings (SSSR count). The Bertz CT molecular complexity index is 2820. The van der Waals surface area contributed by atoms with E-state index >= 15 is 0 Å². The lowest BCUT2D eigenvalue weighted by Gasteiger charge is -2.36. The highest BCUT2D eigenvalue weighted by Gasteiger charge is 2.26. The van der Waals surface area contributed by atoms with Crippen LogP contribution in [0.4, 0.5) is 17.1 Å². The summed E-state index contributed by atoms with van der Waals surface area (Å²) in [5, 5.41) is 7.79. The van der Waals surface area contributed by atoms with Crippen molar-refractivity contribution in [1.82, 2.24) is 0 Å². The molecule has 3 aliphatic rings. The number of rotatable bonds is 8. The number of benzene rings is 7. The van der Waals surface area contributed by atoms with Gasteiger partial charge < -0.3 is 9.80 Å². The highest BCUT2D eigenvalue weighted by Crippen LogP contribution is 2.43. The zero-order valence-electron chi connectivity index (χ0n) is 31.5. The van der Waals surface area contributed by atoms with E-state index < -0.39 is 0 Å². The molecule has 0 bridgehead atoms. The summed E-state index contributed by atoms with van der Waals surface area (Å²) in [5.41, 5.74) is 10.4. The van der Waals surface area contributed by atoms with E-state index in [9.17, 15) is 0 Å². The third-order valence-corrected chi connectivity index (χ3v) is 11.8. The Morgan fingerprint density at radius 2 is 0.857 bits per heavy atom. The molecular formula is C54H44N2. The Morgan fingerprint density at radius 3 is 1.48 bits per heavy atom. The monoisotopic (exact) mass is 720 g/mol. The van der Waals surface area contributed by atoms with Gasteiger partial charge in [0.05, 0.1) is 12.1 Å². The van der Waals surface area contributed by atoms with E-state index in [0.29, 0.717) is 0 Å². The molecule has 0 aliphatic heterocycles. The molecule has 0 N–H and O–H groups in total. The van der Waals surface area contributed by atoms with E-state index in [1.54, 1.807) is 0 Å². The van der Waals surface area contributed by atoms with Crippen molar-refractivity contribution in [2.24, 2.45) is 0 Å². The Kier molecular flexibility index (Phi) is 9.01. The Hall–Kier alpha value is -6.64. The molecule has 0 spiro atoms. The Morgan fingerprint density at radius 1 is 0.375 bits per heavy atom. The summed E-state index contributed by atoms with van der Waals surface area (Å²) in [6.45, 7) is 0. The average molecular weight is 721 g/mol. The summed E-state index contributed by atoms with van der Waals surface area (Å²) >= 11 is 0. The van der Waals surface area contributed by atoms with Crippen molar-refractivity contribution in [3.05, 3.63) is 222 Å². The molecular weight excluding hydrogens is 677 g/mol. The number of allylic oxidation sites excluding steroid dienone is 4. The first-order valence-corrected chi connectivity index (χ1v) is 20.0. The minimum absolute atomic E-state index is 0.237. The molecule has 2 heteroatoms. The van der Waals surface area contributed by atoms with E-state index in [1.807, 2.05) is 0 Å². The van der Waals surface area contributed by atoms with Gasteiger partial charge in [-0.3, -0.25) is 0 Å². The van der Waals surface area contributed by atoms with Gasteiger partial charge in [-0.1, -0.05) is 176 Å². The second-order valence-corrected chi connectivity index (χ2v) is 15.0. The molecule has 3 aliphatic carbocycles. The molecule has 0 aromatic heterocycles. The SMILES string of the molecule is C1=CCC(N(C2=c3ccccc3=C(c3ccc(-c4ccc(N(c5ccccc5)C5C=CC=CC5)c5ccccc45)c4ccccc34)CC2)c2ccccc2)C=C1. The molecule has 7 aromatic rings. The third kappa shape index (κ3) is 6.08. The molecule has 0 saturated carbocycles. The standard InChI is InChI=1S/C54H44N2/c1-5-19-39(20-6-1)55(40-21-7-2-8-22-40)53-37-35-49(45-29-15-17-31-51(45)53)47-33-34-48(44-28-14-13-27-43(44)47)50-36-38-54(52-32-18-16-30-46(50)52)56(41-23-9-3-10-24-41)42-25-11-4-12-26-42/h1-21,23-25,27-35,37,40,42H,22,26,36,38H2. The van der Waals surface area contributed by atoms with Crippen molar-refractivity contribution in [2.75, 3.05) is 9.80 Å². The highest BCUT2D eigenvalue weighted by molar-refractivity contribution is 6.11. The maximum atomic E-state index is 2.59. The molecule has 0 radical (unpaired) electrons. The third-order valence-electron chi connectivity index (χ3n) is 11.8. The topological polar surface area (TPSA) is 6.48 Å². The summed E-state index contributed by atoms with van der Waals surface area (Å²) in [6, 6.07) is 58.9. The van der Waals surface area contributed by atoms with E-state index in [1.165, 1.54) is 77.0 Å². The van der Waals surface area contributed by atoms with E-state index in [2.05, 4.69) is 216 Å². The van der Waals surface area contributed by atoms with Gasteiger partial charge in [0.2, 0.25) is 0 Å². The molecule has 270 valence electrons. The molecule has 2 nitrogen and oxygen atoms in total. The van der Waals surface area contributed by atoms with Crippen LogP contribution in [-0.2, 0) is 0 Å². The lowest BCUT2D eigenvalue weighted by atomic mass is 9.85. The lowest BCUT2D eigenvalue weighted by molar-refractivity contribution is 0.765. The zero-order valence-corrected chi connectivity index (χ0v) is 31.5. The number of nitrogens with zero attached hydrogens (tertiary/aromatic N) is 2. The predicted molar refractivity (Wildman–Crippen MR) is 239 cm³/mol. The quantitative estimate of drug-likeness (QED) is 0.154. The number of hydrogen-bond donors (Lipinski definition) is 0. The van der Waals surface area contributed by atoms with Crippen LogP contribution in [0.25, 0.3) is 43.9 Å². The van der Waals surface area contributed by atoms with Crippen molar-refractivity contribution in [3.63, 3.8) is 0 Å². The largest absolute Gasteiger partial charge is 0.337 e. The first-order chi connectivity index (χ1) is 27.8. The molecule has 2 unspecified atom stereocenters. The fourth-order valence-electron chi connectivity index (χ4n) is 9.32. The average Bonchev–Trinajstić information content (AvgIpc) is 3.28. The minimum atomic E-state index is 0.237. The second kappa shape index (κ2) is 14.9. The number of para-hydroxylation sites is 2. The van der Waals surface area contributed by atoms with Crippen LogP contribution in [0.5, 0.6) is 0 Å². The minimum Gasteiger partial charge on any atom is -0.337 e. The maximum Gasteiger partial charge on any atom is 0.0560 e. The predicted octanol–water partition coefficient (Wildman–Crippen LogP) is 12.2. The van der Waals surface area contributed by atoms with Crippen LogP contribution >= 0.6 is 0 Å². The van der Waals surface area contributed by atoms with Crippen molar-refractivity contribution in [2.45, 2.75) is 37.8 Å². The zero-order chi connectivity index (χ0) is 37.3. The highest BCUT2D eigenvalue weighted by atomic mass is 15.2. The molecule has 0 saturated heterocycles. The molecule has 0 fully saturated rings. The smallest absolute Gasteiger partial charge is 0.0560 e. The maximum absolute atomic E-state index is 2.59. The number of fused-ring (bicyclic) bond motifs is 3. The van der Waals surface area contributed by atoms with Gasteiger partial charge >= 0.3 is 0 Å². The normalized spacial score (nSPS) is 17.4. The van der Waals surface area contributed by atoms with Crippen LogP contribution in [0.2, 0.25) is 0 Å². The van der Waals surface area contributed by atoms with Crippen molar-refractivity contribution in [3.8, 4) is 11.1 Å². The van der Waals surface area contributed by atoms with Crippen LogP contribution < -0.4 is 20.2 Å². The first kappa shape index (κ1) is 33.9. The fourth-order valence-corrected chi connectivity index (χ4v) is 9.32. The Labute approximate surface area is 329 Å². The van der Waals surface area contributed by atoms with Gasteiger partial charge in [0.15, 0.2) is 0 Å². The number of hydrogen-bond acceptors (Lipinski definition) is 2. The second-order valence-electron chi connectivity index (χ2n) is 15.0. The van der Waals surface area contributed by atoms with Gasteiger partial charge in [0.25, 0.3) is 0 Å². The molecule has 0 heterocycles. The number of anilines is 3. The molecule has 2 atom stereocenters. The van der Waals surface area contributed by atoms with Gasteiger partial charge in [-0.15, -0.1) is 0 Å². The van der Waals surface area contributed by atoms with Crippen molar-refractivity contribution < 1.29 is 0 Å². The van der Waals surface area contributed by atoms with Gasteiger partial charge in [-0.25, -0.2) is 0 Å². The van der Waals surface area contributed by atoms with Crippen molar-refractivity contribution in [1.29, 1.82) is 0 Å². The summed E-state index contributed by atoms with van der Waals surface area (Å²) < 4.78 is 0. The van der Waals surface area contributed by atoms with Crippen LogP contribution in [0.3, 0.4) is 0 Å². The summed E-state index contributed by atoms with van der Waals surface area (Å²) in [4.78, 5) is 5.10. The van der Waals surface area contributed by atoms with E-state index in [0.717, 1.165) is 25.7 Å². The summed E-state index contributed by atoms with van der Waals surface area (Å²) in [6.07, 6.45) is 21.9.